The zero-order valence-electron chi connectivity index (χ0n) is 11.4. The highest BCUT2D eigenvalue weighted by atomic mass is 35.5. The zero-order valence-corrected chi connectivity index (χ0v) is 13.8. The van der Waals surface area contributed by atoms with Crippen molar-refractivity contribution in [2.24, 2.45) is 0 Å². The molecule has 0 spiro atoms. The number of amides is 1. The summed E-state index contributed by atoms with van der Waals surface area (Å²) in [6, 6.07) is 3.10. The number of carbonyl (C=O) groups excluding carboxylic acids is 1. The molecule has 8 heteroatoms. The first-order chi connectivity index (χ1) is 9.29. The van der Waals surface area contributed by atoms with Crippen LogP contribution in [0, 0.1) is 0 Å². The molecule has 2 rings (SSSR count). The number of halogens is 1. The highest BCUT2D eigenvalue weighted by molar-refractivity contribution is 7.88. The van der Waals surface area contributed by atoms with Gasteiger partial charge in [-0.1, -0.05) is 11.6 Å². The summed E-state index contributed by atoms with van der Waals surface area (Å²) in [6.45, 7) is 0.873. The minimum absolute atomic E-state index is 0.155. The van der Waals surface area contributed by atoms with Crippen molar-refractivity contribution in [3.63, 3.8) is 0 Å². The van der Waals surface area contributed by atoms with Crippen LogP contribution in [0.4, 0.5) is 0 Å². The number of carbonyl (C=O) groups is 1. The van der Waals surface area contributed by atoms with Crippen LogP contribution < -0.4 is 0 Å². The normalized spacial score (nSPS) is 20.2. The van der Waals surface area contributed by atoms with Gasteiger partial charge in [0.05, 0.1) is 17.1 Å². The van der Waals surface area contributed by atoms with Gasteiger partial charge in [0.15, 0.2) is 0 Å². The topological polar surface area (TPSA) is 57.7 Å². The van der Waals surface area contributed by atoms with E-state index in [1.54, 1.807) is 18.0 Å². The molecule has 0 saturated carbocycles. The molecule has 0 aliphatic carbocycles. The van der Waals surface area contributed by atoms with E-state index in [9.17, 15) is 13.2 Å². The Hall–Kier alpha value is -0.630. The minimum atomic E-state index is -3.33. The third-order valence-corrected chi connectivity index (χ3v) is 5.82. The largest absolute Gasteiger partial charge is 0.339 e. The first-order valence-electron chi connectivity index (χ1n) is 6.25. The van der Waals surface area contributed by atoms with Crippen molar-refractivity contribution >= 4 is 38.9 Å². The van der Waals surface area contributed by atoms with Crippen molar-refractivity contribution in [3.8, 4) is 0 Å². The fourth-order valence-electron chi connectivity index (χ4n) is 2.39. The average molecular weight is 337 g/mol. The van der Waals surface area contributed by atoms with E-state index in [2.05, 4.69) is 0 Å². The Labute approximate surface area is 128 Å². The van der Waals surface area contributed by atoms with Gasteiger partial charge < -0.3 is 4.90 Å². The molecule has 5 nitrogen and oxygen atoms in total. The van der Waals surface area contributed by atoms with Gasteiger partial charge in [-0.15, -0.1) is 11.3 Å². The van der Waals surface area contributed by atoms with Crippen molar-refractivity contribution in [2.75, 3.05) is 19.8 Å². The summed E-state index contributed by atoms with van der Waals surface area (Å²) in [7, 11) is -1.64. The van der Waals surface area contributed by atoms with Crippen LogP contribution in [-0.4, -0.2) is 49.4 Å². The molecule has 0 bridgehead atoms. The van der Waals surface area contributed by atoms with Gasteiger partial charge in [-0.2, -0.15) is 4.31 Å². The monoisotopic (exact) mass is 336 g/mol. The van der Waals surface area contributed by atoms with Crippen LogP contribution in [0.25, 0.3) is 0 Å². The zero-order chi connectivity index (χ0) is 14.9. The predicted molar refractivity (Wildman–Crippen MR) is 80.4 cm³/mol. The molecule has 1 aromatic rings. The van der Waals surface area contributed by atoms with E-state index >= 15 is 0 Å². The molecule has 112 valence electrons. The van der Waals surface area contributed by atoms with Gasteiger partial charge >= 0.3 is 0 Å². The van der Waals surface area contributed by atoms with Gasteiger partial charge in [-0.25, -0.2) is 8.42 Å². The Morgan fingerprint density at radius 2 is 2.25 bits per heavy atom. The predicted octanol–water partition coefficient (Wildman–Crippen LogP) is 1.78. The molecule has 0 N–H and O–H groups in total. The van der Waals surface area contributed by atoms with Crippen LogP contribution in [0.2, 0.25) is 4.34 Å². The molecule has 1 aromatic heterocycles. The smallest absolute Gasteiger partial charge is 0.241 e. The Morgan fingerprint density at radius 1 is 1.55 bits per heavy atom. The van der Waals surface area contributed by atoms with Crippen molar-refractivity contribution < 1.29 is 13.2 Å². The molecule has 1 aliphatic rings. The summed E-state index contributed by atoms with van der Waals surface area (Å²) in [5.74, 6) is -0.155. The summed E-state index contributed by atoms with van der Waals surface area (Å²) in [5.41, 5.74) is 0. The standard InChI is InChI=1S/C12H17ClN2O3S2/c1-14(8-9-5-6-11(13)19-9)12(16)10-4-3-7-15(10)20(2,17)18/h5-6,10H,3-4,7-8H2,1-2H3. The van der Waals surface area contributed by atoms with E-state index < -0.39 is 16.1 Å². The van der Waals surface area contributed by atoms with E-state index in [0.29, 0.717) is 23.8 Å². The summed E-state index contributed by atoms with van der Waals surface area (Å²) < 4.78 is 25.3. The number of thiophene rings is 1. The van der Waals surface area contributed by atoms with Crippen LogP contribution in [0.15, 0.2) is 12.1 Å². The van der Waals surface area contributed by atoms with Crippen LogP contribution >= 0.6 is 22.9 Å². The highest BCUT2D eigenvalue weighted by Crippen LogP contribution is 2.25. The Kier molecular flexibility index (Phi) is 4.73. The fraction of sp³-hybridized carbons (Fsp3) is 0.583. The van der Waals surface area contributed by atoms with Gasteiger partial charge in [0.1, 0.15) is 6.04 Å². The lowest BCUT2D eigenvalue weighted by Gasteiger charge is -2.26. The van der Waals surface area contributed by atoms with Gasteiger partial charge in [-0.05, 0) is 25.0 Å². The van der Waals surface area contributed by atoms with Crippen molar-refractivity contribution in [1.29, 1.82) is 0 Å². The summed E-state index contributed by atoms with van der Waals surface area (Å²) in [6.07, 6.45) is 2.46. The molecular weight excluding hydrogens is 320 g/mol. The second-order valence-electron chi connectivity index (χ2n) is 4.93. The van der Waals surface area contributed by atoms with E-state index in [4.69, 9.17) is 11.6 Å². The lowest BCUT2D eigenvalue weighted by atomic mass is 10.2. The molecule has 1 atom stereocenters. The molecule has 1 unspecified atom stereocenters. The molecule has 20 heavy (non-hydrogen) atoms. The summed E-state index contributed by atoms with van der Waals surface area (Å²) >= 11 is 7.28. The maximum absolute atomic E-state index is 12.4. The quantitative estimate of drug-likeness (QED) is 0.842. The van der Waals surface area contributed by atoms with Crippen molar-refractivity contribution in [2.45, 2.75) is 25.4 Å². The molecule has 1 amide bonds. The van der Waals surface area contributed by atoms with E-state index in [1.165, 1.54) is 15.6 Å². The second-order valence-corrected chi connectivity index (χ2v) is 8.67. The van der Waals surface area contributed by atoms with Crippen LogP contribution in [0.1, 0.15) is 17.7 Å². The molecular formula is C12H17ClN2O3S2. The van der Waals surface area contributed by atoms with Gasteiger partial charge in [0, 0.05) is 18.5 Å². The van der Waals surface area contributed by atoms with Crippen molar-refractivity contribution in [3.05, 3.63) is 21.3 Å². The highest BCUT2D eigenvalue weighted by Gasteiger charge is 2.37. The lowest BCUT2D eigenvalue weighted by molar-refractivity contribution is -0.133. The molecule has 2 heterocycles. The summed E-state index contributed by atoms with van der Waals surface area (Å²) in [4.78, 5) is 15.0. The first-order valence-corrected chi connectivity index (χ1v) is 9.29. The van der Waals surface area contributed by atoms with Gasteiger partial charge in [0.2, 0.25) is 15.9 Å². The number of hydrogen-bond donors (Lipinski definition) is 0. The second kappa shape index (κ2) is 6.01. The maximum Gasteiger partial charge on any atom is 0.241 e. The third kappa shape index (κ3) is 3.52. The number of rotatable bonds is 4. The van der Waals surface area contributed by atoms with Crippen LogP contribution in [-0.2, 0) is 21.4 Å². The molecule has 1 saturated heterocycles. The van der Waals surface area contributed by atoms with E-state index in [0.717, 1.165) is 17.6 Å². The number of likely N-dealkylation sites (N-methyl/N-ethyl adjacent to an activating group) is 1. The molecule has 1 aliphatic heterocycles. The Morgan fingerprint density at radius 3 is 2.80 bits per heavy atom. The van der Waals surface area contributed by atoms with E-state index in [1.807, 2.05) is 6.07 Å². The maximum atomic E-state index is 12.4. The SMILES string of the molecule is CN(Cc1ccc(Cl)s1)C(=O)C1CCCN1S(C)(=O)=O. The fourth-order valence-corrected chi connectivity index (χ4v) is 4.65. The van der Waals surface area contributed by atoms with E-state index in [-0.39, 0.29) is 5.91 Å². The van der Waals surface area contributed by atoms with Crippen LogP contribution in [0.5, 0.6) is 0 Å². The van der Waals surface area contributed by atoms with Gasteiger partial charge in [-0.3, -0.25) is 4.79 Å². The average Bonchev–Trinajstić information content (AvgIpc) is 2.96. The molecule has 1 fully saturated rings. The number of nitrogens with zero attached hydrogens (tertiary/aromatic N) is 2. The Balaban J connectivity index is 2.06. The number of hydrogen-bond acceptors (Lipinski definition) is 4. The lowest BCUT2D eigenvalue weighted by Crippen LogP contribution is -2.45. The number of sulfonamides is 1. The molecule has 0 radical (unpaired) electrons. The molecule has 0 aromatic carbocycles. The first kappa shape index (κ1) is 15.8. The van der Waals surface area contributed by atoms with Crippen LogP contribution in [0.3, 0.4) is 0 Å². The third-order valence-electron chi connectivity index (χ3n) is 3.31. The Bertz CT molecular complexity index is 600. The minimum Gasteiger partial charge on any atom is -0.339 e. The summed E-state index contributed by atoms with van der Waals surface area (Å²) in [5, 5.41) is 0. The van der Waals surface area contributed by atoms with Crippen molar-refractivity contribution in [1.82, 2.24) is 9.21 Å². The van der Waals surface area contributed by atoms with Gasteiger partial charge in [0.25, 0.3) is 0 Å².